The summed E-state index contributed by atoms with van der Waals surface area (Å²) in [7, 11) is 0. The maximum Gasteiger partial charge on any atom is 0.187 e. The molecule has 2 rings (SSSR count). The number of thioether (sulfide) groups is 1. The third-order valence-corrected chi connectivity index (χ3v) is 3.17. The molecule has 0 saturated heterocycles. The molecule has 0 bridgehead atoms. The second-order valence-electron chi connectivity index (χ2n) is 3.79. The number of hydrogen-bond donors (Lipinski definition) is 2. The van der Waals surface area contributed by atoms with Crippen molar-refractivity contribution in [3.05, 3.63) is 47.5 Å². The van der Waals surface area contributed by atoms with Gasteiger partial charge in [0.05, 0.1) is 0 Å². The number of hydrogen-bond acceptors (Lipinski definition) is 5. The molecule has 2 aromatic heterocycles. The second-order valence-corrected chi connectivity index (χ2v) is 4.74. The summed E-state index contributed by atoms with van der Waals surface area (Å²) in [6.45, 7) is 1.95. The molecule has 0 unspecified atom stereocenters. The lowest BCUT2D eigenvalue weighted by molar-refractivity contribution is 0.949. The van der Waals surface area contributed by atoms with Gasteiger partial charge in [-0.05, 0) is 30.2 Å². The van der Waals surface area contributed by atoms with Gasteiger partial charge >= 0.3 is 0 Å². The highest BCUT2D eigenvalue weighted by molar-refractivity contribution is 7.98. The van der Waals surface area contributed by atoms with Crippen LogP contribution in [0.25, 0.3) is 0 Å². The quantitative estimate of drug-likeness (QED) is 0.378. The van der Waals surface area contributed by atoms with Crippen LogP contribution >= 0.6 is 11.8 Å². The van der Waals surface area contributed by atoms with Gasteiger partial charge in [-0.1, -0.05) is 11.8 Å². The molecule has 0 aromatic carbocycles. The molecule has 3 N–H and O–H groups in total. The molecule has 0 atom stereocenters. The Morgan fingerprint density at radius 3 is 2.72 bits per heavy atom. The number of nitrogens with two attached hydrogens (primary N) is 1. The SMILES string of the molecule is Cc1cnc(SCc2ccnc(C(=N)N)c2)nc1. The van der Waals surface area contributed by atoms with Gasteiger partial charge in [-0.15, -0.1) is 0 Å². The molecule has 0 saturated carbocycles. The number of rotatable bonds is 4. The number of amidine groups is 1. The van der Waals surface area contributed by atoms with Gasteiger partial charge in [-0.2, -0.15) is 0 Å². The zero-order valence-corrected chi connectivity index (χ0v) is 10.7. The van der Waals surface area contributed by atoms with E-state index in [9.17, 15) is 0 Å². The van der Waals surface area contributed by atoms with E-state index < -0.39 is 0 Å². The van der Waals surface area contributed by atoms with E-state index in [1.165, 1.54) is 0 Å². The molecule has 2 heterocycles. The summed E-state index contributed by atoms with van der Waals surface area (Å²) in [6.07, 6.45) is 5.24. The molecular formula is C12H13N5S. The first-order valence-corrected chi connectivity index (χ1v) is 6.34. The van der Waals surface area contributed by atoms with Gasteiger partial charge in [-0.3, -0.25) is 10.4 Å². The van der Waals surface area contributed by atoms with Crippen LogP contribution in [0.15, 0.2) is 35.9 Å². The maximum atomic E-state index is 7.34. The van der Waals surface area contributed by atoms with E-state index >= 15 is 0 Å². The highest BCUT2D eigenvalue weighted by Gasteiger charge is 2.02. The minimum Gasteiger partial charge on any atom is -0.382 e. The molecule has 0 amide bonds. The van der Waals surface area contributed by atoms with Crippen molar-refractivity contribution < 1.29 is 0 Å². The predicted molar refractivity (Wildman–Crippen MR) is 71.6 cm³/mol. The molecule has 0 aliphatic heterocycles. The van der Waals surface area contributed by atoms with Crippen LogP contribution in [0.1, 0.15) is 16.8 Å². The van der Waals surface area contributed by atoms with E-state index in [0.29, 0.717) is 5.69 Å². The molecule has 0 fully saturated rings. The summed E-state index contributed by atoms with van der Waals surface area (Å²) < 4.78 is 0. The average Bonchev–Trinajstić information content (AvgIpc) is 2.38. The Morgan fingerprint density at radius 2 is 2.06 bits per heavy atom. The molecule has 0 aliphatic rings. The molecule has 0 aliphatic carbocycles. The van der Waals surface area contributed by atoms with Gasteiger partial charge in [0.1, 0.15) is 11.5 Å². The van der Waals surface area contributed by atoms with Crippen LogP contribution < -0.4 is 5.73 Å². The lowest BCUT2D eigenvalue weighted by atomic mass is 10.2. The van der Waals surface area contributed by atoms with Crippen LogP contribution in [0.3, 0.4) is 0 Å². The van der Waals surface area contributed by atoms with Gasteiger partial charge < -0.3 is 5.73 Å². The van der Waals surface area contributed by atoms with Crippen LogP contribution in [0.4, 0.5) is 0 Å². The van der Waals surface area contributed by atoms with E-state index in [0.717, 1.165) is 22.0 Å². The monoisotopic (exact) mass is 259 g/mol. The number of nitrogens with zero attached hydrogens (tertiary/aromatic N) is 3. The Balaban J connectivity index is 2.04. The molecule has 0 radical (unpaired) electrons. The van der Waals surface area contributed by atoms with Gasteiger partial charge in [0.2, 0.25) is 0 Å². The van der Waals surface area contributed by atoms with Crippen LogP contribution in [0.2, 0.25) is 0 Å². The average molecular weight is 259 g/mol. The smallest absolute Gasteiger partial charge is 0.187 e. The van der Waals surface area contributed by atoms with Crippen LogP contribution in [-0.2, 0) is 5.75 Å². The van der Waals surface area contributed by atoms with E-state index in [4.69, 9.17) is 11.1 Å². The number of pyridine rings is 1. The summed E-state index contributed by atoms with van der Waals surface area (Å²) >= 11 is 1.54. The topological polar surface area (TPSA) is 88.5 Å². The van der Waals surface area contributed by atoms with Gasteiger partial charge in [-0.25, -0.2) is 9.97 Å². The lowest BCUT2D eigenvalue weighted by Gasteiger charge is -2.03. The normalized spacial score (nSPS) is 10.3. The summed E-state index contributed by atoms with van der Waals surface area (Å²) in [5, 5.41) is 8.07. The van der Waals surface area contributed by atoms with Crippen molar-refractivity contribution in [1.82, 2.24) is 15.0 Å². The van der Waals surface area contributed by atoms with E-state index in [2.05, 4.69) is 15.0 Å². The molecule has 92 valence electrons. The number of nitrogens with one attached hydrogen (secondary N) is 1. The first-order valence-electron chi connectivity index (χ1n) is 5.36. The second kappa shape index (κ2) is 5.59. The van der Waals surface area contributed by atoms with E-state index in [1.54, 1.807) is 30.4 Å². The fourth-order valence-electron chi connectivity index (χ4n) is 1.31. The summed E-state index contributed by atoms with van der Waals surface area (Å²) in [4.78, 5) is 12.5. The number of aryl methyl sites for hydroxylation is 1. The Kier molecular flexibility index (Phi) is 3.88. The minimum absolute atomic E-state index is 0.0200. The molecule has 18 heavy (non-hydrogen) atoms. The van der Waals surface area contributed by atoms with Gasteiger partial charge in [0.15, 0.2) is 5.16 Å². The first kappa shape index (κ1) is 12.5. The number of nitrogen functional groups attached to an aromatic ring is 1. The zero-order valence-electron chi connectivity index (χ0n) is 9.92. The maximum absolute atomic E-state index is 7.34. The highest BCUT2D eigenvalue weighted by Crippen LogP contribution is 2.18. The zero-order chi connectivity index (χ0) is 13.0. The van der Waals surface area contributed by atoms with E-state index in [-0.39, 0.29) is 5.84 Å². The lowest BCUT2D eigenvalue weighted by Crippen LogP contribution is -2.13. The van der Waals surface area contributed by atoms with E-state index in [1.807, 2.05) is 19.1 Å². The van der Waals surface area contributed by atoms with Crippen molar-refractivity contribution in [2.24, 2.45) is 5.73 Å². The van der Waals surface area contributed by atoms with Crippen LogP contribution in [-0.4, -0.2) is 20.8 Å². The van der Waals surface area contributed by atoms with Crippen molar-refractivity contribution >= 4 is 17.6 Å². The third kappa shape index (κ3) is 3.27. The molecule has 2 aromatic rings. The first-order chi connectivity index (χ1) is 8.65. The highest BCUT2D eigenvalue weighted by atomic mass is 32.2. The van der Waals surface area contributed by atoms with Crippen molar-refractivity contribution in [3.63, 3.8) is 0 Å². The number of aromatic nitrogens is 3. The predicted octanol–water partition coefficient (Wildman–Crippen LogP) is 1.76. The standard InChI is InChI=1S/C12H13N5S/c1-8-5-16-12(17-6-8)18-7-9-2-3-15-10(4-9)11(13)14/h2-6H,7H2,1H3,(H3,13,14). The van der Waals surface area contributed by atoms with Crippen LogP contribution in [0.5, 0.6) is 0 Å². The summed E-state index contributed by atoms with van der Waals surface area (Å²) in [6, 6.07) is 3.71. The molecule has 5 nitrogen and oxygen atoms in total. The van der Waals surface area contributed by atoms with Crippen molar-refractivity contribution in [2.45, 2.75) is 17.8 Å². The largest absolute Gasteiger partial charge is 0.382 e. The third-order valence-electron chi connectivity index (χ3n) is 2.23. The van der Waals surface area contributed by atoms with Crippen LogP contribution in [0, 0.1) is 12.3 Å². The Labute approximate surface area is 109 Å². The summed E-state index contributed by atoms with van der Waals surface area (Å²) in [5.41, 5.74) is 7.98. The fourth-order valence-corrected chi connectivity index (χ4v) is 2.04. The molecule has 6 heteroatoms. The molecule has 0 spiro atoms. The van der Waals surface area contributed by atoms with Gasteiger partial charge in [0, 0.05) is 24.3 Å². The fraction of sp³-hybridized carbons (Fsp3) is 0.167. The van der Waals surface area contributed by atoms with Crippen molar-refractivity contribution in [2.75, 3.05) is 0 Å². The summed E-state index contributed by atoms with van der Waals surface area (Å²) in [5.74, 6) is 0.708. The Bertz CT molecular complexity index is 553. The Morgan fingerprint density at radius 1 is 1.33 bits per heavy atom. The minimum atomic E-state index is -0.0200. The molecular weight excluding hydrogens is 246 g/mol. The van der Waals surface area contributed by atoms with Gasteiger partial charge in [0.25, 0.3) is 0 Å². The van der Waals surface area contributed by atoms with Crippen molar-refractivity contribution in [1.29, 1.82) is 5.41 Å². The van der Waals surface area contributed by atoms with Crippen molar-refractivity contribution in [3.8, 4) is 0 Å². The Hall–Kier alpha value is -1.95.